The fourth-order valence-corrected chi connectivity index (χ4v) is 1.74. The molecule has 0 fully saturated rings. The number of carboxylic acid groups (broad SMARTS) is 1. The predicted octanol–water partition coefficient (Wildman–Crippen LogP) is 1.35. The van der Waals surface area contributed by atoms with E-state index in [2.05, 4.69) is 5.10 Å². The normalized spacial score (nSPS) is 12.6. The maximum Gasteiger partial charge on any atom is 0.328 e. The molecule has 88 valence electrons. The highest BCUT2D eigenvalue weighted by Crippen LogP contribution is 2.13. The van der Waals surface area contributed by atoms with Crippen LogP contribution in [-0.2, 0) is 4.79 Å². The number of aryl methyl sites for hydroxylation is 1. The maximum atomic E-state index is 12.1. The summed E-state index contributed by atoms with van der Waals surface area (Å²) in [5, 5.41) is 14.2. The minimum Gasteiger partial charge on any atom is -0.480 e. The first kappa shape index (κ1) is 11.3. The van der Waals surface area contributed by atoms with Crippen molar-refractivity contribution in [2.75, 3.05) is 0 Å². The van der Waals surface area contributed by atoms with Gasteiger partial charge in [-0.15, -0.1) is 0 Å². The summed E-state index contributed by atoms with van der Waals surface area (Å²) in [4.78, 5) is 23.0. The molecule has 5 heteroatoms. The van der Waals surface area contributed by atoms with Gasteiger partial charge in [0.05, 0.1) is 11.1 Å². The molecule has 0 saturated carbocycles. The van der Waals surface area contributed by atoms with Crippen LogP contribution in [0.4, 0.5) is 0 Å². The number of hydrogen-bond acceptors (Lipinski definition) is 3. The van der Waals surface area contributed by atoms with E-state index < -0.39 is 12.0 Å². The summed E-state index contributed by atoms with van der Waals surface area (Å²) in [6, 6.07) is 6.08. The molecule has 0 radical (unpaired) electrons. The van der Waals surface area contributed by atoms with Crippen LogP contribution in [0.5, 0.6) is 0 Å². The minimum atomic E-state index is -1.07. The van der Waals surface area contributed by atoms with Crippen molar-refractivity contribution in [3.63, 3.8) is 0 Å². The van der Waals surface area contributed by atoms with Crippen LogP contribution in [0.1, 0.15) is 18.7 Å². The minimum absolute atomic E-state index is 0.374. The van der Waals surface area contributed by atoms with Crippen LogP contribution in [-0.4, -0.2) is 20.9 Å². The summed E-state index contributed by atoms with van der Waals surface area (Å²) in [5.74, 6) is -1.07. The second-order valence-electron chi connectivity index (χ2n) is 3.89. The van der Waals surface area contributed by atoms with Gasteiger partial charge in [0.1, 0.15) is 0 Å². The Bertz CT molecular complexity index is 646. The van der Waals surface area contributed by atoms with Gasteiger partial charge in [-0.2, -0.15) is 5.10 Å². The Kier molecular flexibility index (Phi) is 2.67. The molecule has 1 heterocycles. The smallest absolute Gasteiger partial charge is 0.328 e. The van der Waals surface area contributed by atoms with E-state index in [0.717, 1.165) is 10.1 Å². The quantitative estimate of drug-likeness (QED) is 0.848. The van der Waals surface area contributed by atoms with E-state index in [0.29, 0.717) is 11.1 Å². The van der Waals surface area contributed by atoms with Crippen LogP contribution >= 0.6 is 0 Å². The largest absolute Gasteiger partial charge is 0.480 e. The number of aromatic nitrogens is 2. The van der Waals surface area contributed by atoms with Crippen molar-refractivity contribution < 1.29 is 9.90 Å². The standard InChI is InChI=1S/C12H12N2O3/c1-7-9-5-3-4-6-10(9)11(15)14(13-7)8(2)12(16)17/h3-6,8H,1-2H3,(H,16,17)/t8-/m0/s1. The lowest BCUT2D eigenvalue weighted by Gasteiger charge is -2.11. The summed E-state index contributed by atoms with van der Waals surface area (Å²) in [6.07, 6.45) is 0. The van der Waals surface area contributed by atoms with Crippen molar-refractivity contribution in [2.24, 2.45) is 0 Å². The predicted molar refractivity (Wildman–Crippen MR) is 63.1 cm³/mol. The van der Waals surface area contributed by atoms with E-state index in [-0.39, 0.29) is 5.56 Å². The van der Waals surface area contributed by atoms with Gasteiger partial charge < -0.3 is 5.11 Å². The van der Waals surface area contributed by atoms with Gasteiger partial charge in [-0.05, 0) is 19.9 Å². The zero-order chi connectivity index (χ0) is 12.6. The Morgan fingerprint density at radius 1 is 1.35 bits per heavy atom. The zero-order valence-electron chi connectivity index (χ0n) is 9.54. The SMILES string of the molecule is Cc1nn([C@@H](C)C(=O)O)c(=O)c2ccccc12. The van der Waals surface area contributed by atoms with Crippen molar-refractivity contribution in [3.05, 3.63) is 40.3 Å². The molecule has 1 atom stereocenters. The molecule has 0 bridgehead atoms. The molecular formula is C12H12N2O3. The van der Waals surface area contributed by atoms with Gasteiger partial charge in [0.15, 0.2) is 6.04 Å². The Morgan fingerprint density at radius 3 is 2.53 bits per heavy atom. The van der Waals surface area contributed by atoms with E-state index in [9.17, 15) is 9.59 Å². The molecule has 0 saturated heterocycles. The number of carbonyl (C=O) groups is 1. The molecule has 0 aliphatic carbocycles. The number of hydrogen-bond donors (Lipinski definition) is 1. The van der Waals surface area contributed by atoms with Crippen LogP contribution < -0.4 is 5.56 Å². The number of rotatable bonds is 2. The molecule has 0 aliphatic heterocycles. The Morgan fingerprint density at radius 2 is 1.94 bits per heavy atom. The van der Waals surface area contributed by atoms with E-state index in [4.69, 9.17) is 5.11 Å². The van der Waals surface area contributed by atoms with Crippen LogP contribution in [0.3, 0.4) is 0 Å². The van der Waals surface area contributed by atoms with Crippen molar-refractivity contribution >= 4 is 16.7 Å². The second kappa shape index (κ2) is 4.01. The molecule has 1 N–H and O–H groups in total. The third-order valence-electron chi connectivity index (χ3n) is 2.74. The molecule has 1 aromatic carbocycles. The molecular weight excluding hydrogens is 220 g/mol. The first-order valence-corrected chi connectivity index (χ1v) is 5.23. The van der Waals surface area contributed by atoms with Gasteiger partial charge >= 0.3 is 5.97 Å². The Hall–Kier alpha value is -2.17. The molecule has 0 amide bonds. The second-order valence-corrected chi connectivity index (χ2v) is 3.89. The van der Waals surface area contributed by atoms with Gasteiger partial charge in [-0.1, -0.05) is 18.2 Å². The molecule has 17 heavy (non-hydrogen) atoms. The molecule has 0 spiro atoms. The summed E-state index contributed by atoms with van der Waals surface area (Å²) in [5.41, 5.74) is 0.273. The molecule has 2 aromatic rings. The average molecular weight is 232 g/mol. The number of benzene rings is 1. The van der Waals surface area contributed by atoms with Crippen LogP contribution in [0.2, 0.25) is 0 Å². The topological polar surface area (TPSA) is 72.2 Å². The van der Waals surface area contributed by atoms with Crippen LogP contribution in [0, 0.1) is 6.92 Å². The van der Waals surface area contributed by atoms with E-state index in [1.54, 1.807) is 25.1 Å². The van der Waals surface area contributed by atoms with Crippen molar-refractivity contribution in [3.8, 4) is 0 Å². The van der Waals surface area contributed by atoms with E-state index in [1.807, 2.05) is 6.07 Å². The summed E-state index contributed by atoms with van der Waals surface area (Å²) >= 11 is 0. The third-order valence-corrected chi connectivity index (χ3v) is 2.74. The molecule has 5 nitrogen and oxygen atoms in total. The summed E-state index contributed by atoms with van der Waals surface area (Å²) in [7, 11) is 0. The summed E-state index contributed by atoms with van der Waals surface area (Å²) in [6.45, 7) is 3.19. The van der Waals surface area contributed by atoms with Crippen molar-refractivity contribution in [1.82, 2.24) is 9.78 Å². The monoisotopic (exact) mass is 232 g/mol. The number of aliphatic carboxylic acids is 1. The molecule has 1 aromatic heterocycles. The number of nitrogens with zero attached hydrogens (tertiary/aromatic N) is 2. The van der Waals surface area contributed by atoms with E-state index >= 15 is 0 Å². The fourth-order valence-electron chi connectivity index (χ4n) is 1.74. The van der Waals surface area contributed by atoms with Gasteiger partial charge in [-0.3, -0.25) is 4.79 Å². The average Bonchev–Trinajstić information content (AvgIpc) is 2.33. The van der Waals surface area contributed by atoms with Gasteiger partial charge in [0, 0.05) is 5.39 Å². The first-order chi connectivity index (χ1) is 8.02. The highest BCUT2D eigenvalue weighted by molar-refractivity contribution is 5.83. The summed E-state index contributed by atoms with van der Waals surface area (Å²) < 4.78 is 1.01. The van der Waals surface area contributed by atoms with Crippen molar-refractivity contribution in [2.45, 2.75) is 19.9 Å². The highest BCUT2D eigenvalue weighted by Gasteiger charge is 2.18. The zero-order valence-corrected chi connectivity index (χ0v) is 9.54. The molecule has 0 unspecified atom stereocenters. The lowest BCUT2D eigenvalue weighted by molar-refractivity contribution is -0.140. The maximum absolute atomic E-state index is 12.1. The number of carboxylic acids is 1. The molecule has 2 rings (SSSR count). The highest BCUT2D eigenvalue weighted by atomic mass is 16.4. The lowest BCUT2D eigenvalue weighted by Crippen LogP contribution is -2.31. The van der Waals surface area contributed by atoms with Crippen LogP contribution in [0.25, 0.3) is 10.8 Å². The Balaban J connectivity index is 2.80. The van der Waals surface area contributed by atoms with Gasteiger partial charge in [0.2, 0.25) is 0 Å². The van der Waals surface area contributed by atoms with Crippen LogP contribution in [0.15, 0.2) is 29.1 Å². The Labute approximate surface area is 97.3 Å². The number of fused-ring (bicyclic) bond motifs is 1. The first-order valence-electron chi connectivity index (χ1n) is 5.23. The van der Waals surface area contributed by atoms with Crippen molar-refractivity contribution in [1.29, 1.82) is 0 Å². The fraction of sp³-hybridized carbons (Fsp3) is 0.250. The van der Waals surface area contributed by atoms with Gasteiger partial charge in [0.25, 0.3) is 5.56 Å². The van der Waals surface area contributed by atoms with Gasteiger partial charge in [-0.25, -0.2) is 9.48 Å². The molecule has 0 aliphatic rings. The van der Waals surface area contributed by atoms with E-state index in [1.165, 1.54) is 6.92 Å². The third kappa shape index (κ3) is 1.80. The lowest BCUT2D eigenvalue weighted by atomic mass is 10.1.